The van der Waals surface area contributed by atoms with E-state index in [9.17, 15) is 4.79 Å². The van der Waals surface area contributed by atoms with Crippen molar-refractivity contribution in [2.45, 2.75) is 20.5 Å². The molecule has 8 nitrogen and oxygen atoms in total. The zero-order valence-corrected chi connectivity index (χ0v) is 22.6. The third-order valence-corrected chi connectivity index (χ3v) is 6.12. The number of hydrogen-bond donors (Lipinski definition) is 1. The Hall–Kier alpha value is -4.69. The molecule has 0 aliphatic carbocycles. The number of carbonyl (C=O) groups is 1. The Balaban J connectivity index is 1.83. The molecule has 0 aromatic heterocycles. The molecule has 9 heteroatoms. The molecule has 0 atom stereocenters. The third-order valence-electron chi connectivity index (χ3n) is 5.88. The summed E-state index contributed by atoms with van der Waals surface area (Å²) in [6.07, 6.45) is 5.04. The average molecular weight is 542 g/mol. The molecular formula is C30H28ClN5O3. The Kier molecular flexibility index (Phi) is 8.91. The maximum absolute atomic E-state index is 13.0. The van der Waals surface area contributed by atoms with E-state index >= 15 is 0 Å². The van der Waals surface area contributed by atoms with Gasteiger partial charge in [0.2, 0.25) is 0 Å². The molecule has 1 aliphatic heterocycles. The van der Waals surface area contributed by atoms with Gasteiger partial charge in [0.15, 0.2) is 11.5 Å². The van der Waals surface area contributed by atoms with E-state index < -0.39 is 5.97 Å². The first-order chi connectivity index (χ1) is 19.0. The van der Waals surface area contributed by atoms with E-state index in [-0.39, 0.29) is 12.3 Å². The van der Waals surface area contributed by atoms with Gasteiger partial charge in [0, 0.05) is 27.9 Å². The van der Waals surface area contributed by atoms with Gasteiger partial charge in [-0.2, -0.15) is 10.2 Å². The van der Waals surface area contributed by atoms with Gasteiger partial charge in [-0.25, -0.2) is 9.80 Å². The molecule has 0 amide bonds. The standard InChI is InChI=1S/C30H28ClN5O3/c1-4-27-25-16-21(26(35-32)18-33-23-13-9-12-22(31)17-23)14-15-24(25)29(39-19-20-10-7-6-8-11-20)28(30(37)38-3)36(27)34-5-2/h4-18H,19,32H2,1-3H3/b27-4+,33-18?,34-5-,35-26+. The van der Waals surface area contributed by atoms with Gasteiger partial charge in [0.05, 0.1) is 24.7 Å². The van der Waals surface area contributed by atoms with E-state index in [2.05, 4.69) is 15.2 Å². The number of methoxy groups -OCH3 is 1. The minimum atomic E-state index is -0.574. The summed E-state index contributed by atoms with van der Waals surface area (Å²) in [7, 11) is 1.33. The highest BCUT2D eigenvalue weighted by atomic mass is 35.5. The number of esters is 1. The number of halogens is 1. The van der Waals surface area contributed by atoms with Gasteiger partial charge in [-0.1, -0.05) is 60.1 Å². The van der Waals surface area contributed by atoms with Crippen molar-refractivity contribution < 1.29 is 14.3 Å². The Labute approximate surface area is 232 Å². The molecule has 0 fully saturated rings. The monoisotopic (exact) mass is 541 g/mol. The molecule has 3 aromatic rings. The fraction of sp³-hybridized carbons (Fsp3) is 0.133. The maximum atomic E-state index is 13.0. The number of nitrogens with two attached hydrogens (primary N) is 1. The number of rotatable bonds is 8. The second kappa shape index (κ2) is 12.7. The van der Waals surface area contributed by atoms with E-state index in [1.807, 2.05) is 73.7 Å². The molecule has 0 spiro atoms. The van der Waals surface area contributed by atoms with Crippen LogP contribution in [0, 0.1) is 0 Å². The van der Waals surface area contributed by atoms with Gasteiger partial charge in [0.1, 0.15) is 12.3 Å². The van der Waals surface area contributed by atoms with Crippen LogP contribution < -0.4 is 5.84 Å². The first kappa shape index (κ1) is 27.3. The minimum absolute atomic E-state index is 0.176. The smallest absolute Gasteiger partial charge is 0.360 e. The molecule has 198 valence electrons. The van der Waals surface area contributed by atoms with Gasteiger partial charge in [-0.15, -0.1) is 0 Å². The molecular weight excluding hydrogens is 514 g/mol. The summed E-state index contributed by atoms with van der Waals surface area (Å²) in [5.41, 5.74) is 5.10. The zero-order valence-electron chi connectivity index (χ0n) is 21.8. The molecule has 0 bridgehead atoms. The molecule has 4 rings (SSSR count). The highest BCUT2D eigenvalue weighted by molar-refractivity contribution is 6.38. The summed E-state index contributed by atoms with van der Waals surface area (Å²) in [5.74, 6) is 5.54. The first-order valence-corrected chi connectivity index (χ1v) is 12.6. The molecule has 2 N–H and O–H groups in total. The number of ether oxygens (including phenoxy) is 2. The van der Waals surface area contributed by atoms with Crippen LogP contribution in [-0.2, 0) is 20.9 Å². The van der Waals surface area contributed by atoms with Crippen molar-refractivity contribution in [2.75, 3.05) is 7.11 Å². The quantitative estimate of drug-likeness (QED) is 0.159. The number of fused-ring (bicyclic) bond motifs is 1. The van der Waals surface area contributed by atoms with Crippen molar-refractivity contribution in [1.82, 2.24) is 5.01 Å². The Bertz CT molecular complexity index is 1510. The number of carbonyl (C=O) groups excluding carboxylic acids is 1. The van der Waals surface area contributed by atoms with Gasteiger partial charge in [-0.05, 0) is 49.7 Å². The van der Waals surface area contributed by atoms with E-state index in [4.69, 9.17) is 26.9 Å². The van der Waals surface area contributed by atoms with Crippen molar-refractivity contribution in [1.29, 1.82) is 0 Å². The predicted octanol–water partition coefficient (Wildman–Crippen LogP) is 6.15. The second-order valence-electron chi connectivity index (χ2n) is 8.32. The zero-order chi connectivity index (χ0) is 27.8. The lowest BCUT2D eigenvalue weighted by Crippen LogP contribution is -2.29. The normalized spacial score (nSPS) is 14.8. The summed E-state index contributed by atoms with van der Waals surface area (Å²) < 4.78 is 11.4. The van der Waals surface area contributed by atoms with Crippen LogP contribution in [0.3, 0.4) is 0 Å². The van der Waals surface area contributed by atoms with E-state index in [0.29, 0.717) is 39.0 Å². The van der Waals surface area contributed by atoms with Crippen LogP contribution in [0.1, 0.15) is 36.1 Å². The summed E-state index contributed by atoms with van der Waals surface area (Å²) in [4.78, 5) is 17.5. The Morgan fingerprint density at radius 3 is 2.49 bits per heavy atom. The molecule has 0 saturated carbocycles. The van der Waals surface area contributed by atoms with Crippen molar-refractivity contribution >= 4 is 52.9 Å². The number of nitrogens with zero attached hydrogens (tertiary/aromatic N) is 4. The van der Waals surface area contributed by atoms with Crippen LogP contribution in [0.2, 0.25) is 5.02 Å². The third kappa shape index (κ3) is 6.08. The molecule has 0 unspecified atom stereocenters. The highest BCUT2D eigenvalue weighted by Gasteiger charge is 2.35. The van der Waals surface area contributed by atoms with Gasteiger partial charge >= 0.3 is 5.97 Å². The van der Waals surface area contributed by atoms with Crippen LogP contribution in [0.4, 0.5) is 5.69 Å². The summed E-state index contributed by atoms with van der Waals surface area (Å²) >= 11 is 6.08. The fourth-order valence-electron chi connectivity index (χ4n) is 4.11. The van der Waals surface area contributed by atoms with E-state index in [0.717, 1.165) is 11.1 Å². The number of benzene rings is 3. The van der Waals surface area contributed by atoms with Crippen LogP contribution in [0.25, 0.3) is 11.5 Å². The van der Waals surface area contributed by atoms with Crippen LogP contribution in [0.15, 0.2) is 99.8 Å². The van der Waals surface area contributed by atoms with E-state index in [1.54, 1.807) is 31.5 Å². The largest absolute Gasteiger partial charge is 0.486 e. The Morgan fingerprint density at radius 1 is 1.03 bits per heavy atom. The molecule has 39 heavy (non-hydrogen) atoms. The van der Waals surface area contributed by atoms with Crippen molar-refractivity contribution in [3.63, 3.8) is 0 Å². The van der Waals surface area contributed by atoms with Crippen LogP contribution in [-0.4, -0.2) is 36.2 Å². The number of allylic oxidation sites excluding steroid dienone is 1. The van der Waals surface area contributed by atoms with Crippen LogP contribution >= 0.6 is 11.6 Å². The number of hydrazone groups is 2. The fourth-order valence-corrected chi connectivity index (χ4v) is 4.30. The first-order valence-electron chi connectivity index (χ1n) is 12.2. The average Bonchev–Trinajstić information content (AvgIpc) is 2.96. The molecule has 0 radical (unpaired) electrons. The molecule has 3 aromatic carbocycles. The molecule has 1 aliphatic rings. The number of hydrogen-bond acceptors (Lipinski definition) is 8. The van der Waals surface area contributed by atoms with E-state index in [1.165, 1.54) is 12.1 Å². The number of aliphatic imine (C=N–C) groups is 1. The molecule has 1 heterocycles. The minimum Gasteiger partial charge on any atom is -0.486 e. The van der Waals surface area contributed by atoms with Gasteiger partial charge in [0.25, 0.3) is 0 Å². The summed E-state index contributed by atoms with van der Waals surface area (Å²) in [6.45, 7) is 3.88. The predicted molar refractivity (Wildman–Crippen MR) is 157 cm³/mol. The highest BCUT2D eigenvalue weighted by Crippen LogP contribution is 2.40. The lowest BCUT2D eigenvalue weighted by atomic mass is 9.93. The van der Waals surface area contributed by atoms with Gasteiger partial charge < -0.3 is 15.3 Å². The summed E-state index contributed by atoms with van der Waals surface area (Å²) in [5, 5.41) is 10.5. The van der Waals surface area contributed by atoms with Gasteiger partial charge in [-0.3, -0.25) is 4.99 Å². The summed E-state index contributed by atoms with van der Waals surface area (Å²) in [6, 6.07) is 22.5. The lowest BCUT2D eigenvalue weighted by molar-refractivity contribution is -0.137. The lowest BCUT2D eigenvalue weighted by Gasteiger charge is -2.32. The van der Waals surface area contributed by atoms with Crippen molar-refractivity contribution in [3.8, 4) is 0 Å². The Morgan fingerprint density at radius 2 is 1.82 bits per heavy atom. The van der Waals surface area contributed by atoms with Crippen molar-refractivity contribution in [3.05, 3.63) is 112 Å². The molecule has 0 saturated heterocycles. The second-order valence-corrected chi connectivity index (χ2v) is 8.75. The topological polar surface area (TPSA) is 102 Å². The maximum Gasteiger partial charge on any atom is 0.360 e. The SMILES string of the molecule is C/C=N\N1C(C(=O)OC)=C(OCc2ccccc2)c2ccc(/C(C=Nc3cccc(Cl)c3)=N/N)cc2/C1=C\C. The van der Waals surface area contributed by atoms with Crippen molar-refractivity contribution in [2.24, 2.45) is 21.0 Å². The van der Waals surface area contributed by atoms with Crippen LogP contribution in [0.5, 0.6) is 0 Å².